The van der Waals surface area contributed by atoms with E-state index in [1.54, 1.807) is 30.4 Å². The number of aliphatic hydroxyl groups excluding tert-OH is 1. The topological polar surface area (TPSA) is 162 Å². The summed E-state index contributed by atoms with van der Waals surface area (Å²) in [7, 11) is 3.05. The van der Waals surface area contributed by atoms with Crippen molar-refractivity contribution in [1.29, 1.82) is 0 Å². The maximum Gasteiger partial charge on any atom is 0.350 e. The minimum absolute atomic E-state index is 0.0592. The Morgan fingerprint density at radius 1 is 0.894 bits per heavy atom. The van der Waals surface area contributed by atoms with E-state index in [1.807, 2.05) is 13.8 Å². The number of fused-ring (bicyclic) bond motifs is 4. The molecule has 7 rings (SSSR count). The summed E-state index contributed by atoms with van der Waals surface area (Å²) in [6, 6.07) is 6.38. The van der Waals surface area contributed by atoms with Crippen molar-refractivity contribution in [2.24, 2.45) is 0 Å². The highest BCUT2D eigenvalue weighted by Gasteiger charge is 2.55. The SMILES string of the molecule is COc1c2c(c(OCC(O)C(C)(C)O)c3occc13)OC1(C=C2)OC(COc2c3occc3c(OC)c3ccc(=O)oc23)C(C)(C)O1. The lowest BCUT2D eigenvalue weighted by atomic mass is 10.0. The minimum atomic E-state index is -1.72. The molecule has 3 atom stereocenters. The summed E-state index contributed by atoms with van der Waals surface area (Å²) in [5.41, 5.74) is -1.62. The van der Waals surface area contributed by atoms with Crippen LogP contribution in [0.15, 0.2) is 60.9 Å². The van der Waals surface area contributed by atoms with Crippen molar-refractivity contribution in [3.05, 3.63) is 58.9 Å². The molecule has 2 aliphatic rings. The fourth-order valence-corrected chi connectivity index (χ4v) is 5.80. The first kappa shape index (κ1) is 30.9. The Morgan fingerprint density at radius 3 is 2.23 bits per heavy atom. The van der Waals surface area contributed by atoms with E-state index in [4.69, 9.17) is 46.4 Å². The monoisotopic (exact) mass is 650 g/mol. The van der Waals surface area contributed by atoms with Gasteiger partial charge in [0.15, 0.2) is 22.5 Å². The van der Waals surface area contributed by atoms with Gasteiger partial charge in [-0.05, 0) is 52.0 Å². The van der Waals surface area contributed by atoms with Gasteiger partial charge in [-0.15, -0.1) is 0 Å². The minimum Gasteiger partial charge on any atom is -0.495 e. The van der Waals surface area contributed by atoms with Gasteiger partial charge in [0, 0.05) is 12.1 Å². The van der Waals surface area contributed by atoms with Crippen LogP contribution in [-0.2, 0) is 9.47 Å². The molecule has 0 bridgehead atoms. The number of aliphatic hydroxyl groups is 2. The Hall–Kier alpha value is -4.69. The summed E-state index contributed by atoms with van der Waals surface area (Å²) in [5.74, 6) is -0.219. The van der Waals surface area contributed by atoms with Crippen LogP contribution in [0.5, 0.6) is 28.7 Å². The molecule has 5 aromatic rings. The predicted octanol–water partition coefficient (Wildman–Crippen LogP) is 5.15. The normalized spacial score (nSPS) is 20.9. The Morgan fingerprint density at radius 2 is 1.55 bits per heavy atom. The summed E-state index contributed by atoms with van der Waals surface area (Å²) in [4.78, 5) is 12.2. The summed E-state index contributed by atoms with van der Waals surface area (Å²) in [5, 5.41) is 22.6. The predicted molar refractivity (Wildman–Crippen MR) is 167 cm³/mol. The summed E-state index contributed by atoms with van der Waals surface area (Å²) in [6.45, 7) is 6.27. The van der Waals surface area contributed by atoms with Crippen LogP contribution in [0.3, 0.4) is 0 Å². The highest BCUT2D eigenvalue weighted by atomic mass is 16.9. The molecule has 0 radical (unpaired) electrons. The van der Waals surface area contributed by atoms with Crippen LogP contribution in [0.4, 0.5) is 0 Å². The van der Waals surface area contributed by atoms with Gasteiger partial charge in [0.05, 0.1) is 59.7 Å². The lowest BCUT2D eigenvalue weighted by Gasteiger charge is -2.32. The van der Waals surface area contributed by atoms with Crippen LogP contribution < -0.4 is 29.3 Å². The Bertz CT molecular complexity index is 2080. The van der Waals surface area contributed by atoms with Crippen molar-refractivity contribution in [2.45, 2.75) is 57.1 Å². The molecule has 13 heteroatoms. The van der Waals surface area contributed by atoms with Crippen molar-refractivity contribution < 1.29 is 56.6 Å². The first-order valence-corrected chi connectivity index (χ1v) is 14.9. The zero-order chi connectivity index (χ0) is 33.3. The number of benzene rings is 2. The molecule has 2 aliphatic heterocycles. The van der Waals surface area contributed by atoms with Gasteiger partial charge >= 0.3 is 11.6 Å². The summed E-state index contributed by atoms with van der Waals surface area (Å²) < 4.78 is 60.0. The van der Waals surface area contributed by atoms with E-state index in [0.29, 0.717) is 44.4 Å². The number of methoxy groups -OCH3 is 2. The molecule has 1 fully saturated rings. The van der Waals surface area contributed by atoms with E-state index in [1.165, 1.54) is 46.7 Å². The Kier molecular flexibility index (Phi) is 7.20. The molecule has 1 spiro atoms. The molecule has 47 heavy (non-hydrogen) atoms. The van der Waals surface area contributed by atoms with Crippen LogP contribution in [0.25, 0.3) is 39.0 Å². The molecule has 5 heterocycles. The van der Waals surface area contributed by atoms with Crippen LogP contribution in [0.2, 0.25) is 0 Å². The number of rotatable bonds is 9. The lowest BCUT2D eigenvalue weighted by molar-refractivity contribution is -0.271. The third-order valence-corrected chi connectivity index (χ3v) is 8.39. The molecular formula is C34H34O13. The fourth-order valence-electron chi connectivity index (χ4n) is 5.80. The molecule has 0 amide bonds. The molecule has 0 saturated carbocycles. The van der Waals surface area contributed by atoms with E-state index in [0.717, 1.165) is 0 Å². The van der Waals surface area contributed by atoms with Gasteiger partial charge in [0.25, 0.3) is 0 Å². The van der Waals surface area contributed by atoms with E-state index in [2.05, 4.69) is 0 Å². The Balaban J connectivity index is 1.22. The number of furan rings is 2. The van der Waals surface area contributed by atoms with Crippen LogP contribution in [-0.4, -0.2) is 67.0 Å². The zero-order valence-electron chi connectivity index (χ0n) is 26.6. The number of hydrogen-bond acceptors (Lipinski definition) is 13. The third kappa shape index (κ3) is 5.06. The fraction of sp³-hybridized carbons (Fsp3) is 0.382. The van der Waals surface area contributed by atoms with Crippen LogP contribution >= 0.6 is 0 Å². The quantitative estimate of drug-likeness (QED) is 0.202. The van der Waals surface area contributed by atoms with E-state index in [-0.39, 0.29) is 36.0 Å². The summed E-state index contributed by atoms with van der Waals surface area (Å²) in [6.07, 6.45) is 4.39. The van der Waals surface area contributed by atoms with Crippen molar-refractivity contribution in [1.82, 2.24) is 0 Å². The highest BCUT2D eigenvalue weighted by Crippen LogP contribution is 2.53. The maximum atomic E-state index is 12.2. The van der Waals surface area contributed by atoms with E-state index in [9.17, 15) is 15.0 Å². The van der Waals surface area contributed by atoms with E-state index >= 15 is 0 Å². The molecule has 2 N–H and O–H groups in total. The Labute approximate surface area is 267 Å². The third-order valence-electron chi connectivity index (χ3n) is 8.39. The second-order valence-corrected chi connectivity index (χ2v) is 12.4. The second kappa shape index (κ2) is 10.9. The lowest BCUT2D eigenvalue weighted by Crippen LogP contribution is -2.41. The number of hydrogen-bond donors (Lipinski definition) is 2. The number of ether oxygens (including phenoxy) is 7. The molecule has 2 aromatic carbocycles. The van der Waals surface area contributed by atoms with Gasteiger partial charge in [0.1, 0.15) is 36.9 Å². The molecule has 3 unspecified atom stereocenters. The van der Waals surface area contributed by atoms with Crippen molar-refractivity contribution in [2.75, 3.05) is 27.4 Å². The molecule has 13 nitrogen and oxygen atoms in total. The standard InChI is InChI=1S/C34H34O13/c1-32(2,37)21(35)15-42-31-27-20(11-14-41-27)25(39-6)18-9-12-34(46-29(18)31)45-22(33(3,4)47-34)16-43-30-26-19(10-13-40-26)24(38-5)17-7-8-23(36)44-28(17)30/h7-14,21-22,35,37H,15-16H2,1-6H3. The first-order chi connectivity index (χ1) is 22.4. The van der Waals surface area contributed by atoms with Crippen LogP contribution in [0, 0.1) is 0 Å². The van der Waals surface area contributed by atoms with E-state index < -0.39 is 35.0 Å². The smallest absolute Gasteiger partial charge is 0.350 e. The average molecular weight is 651 g/mol. The average Bonchev–Trinajstić information content (AvgIpc) is 3.75. The van der Waals surface area contributed by atoms with Crippen molar-refractivity contribution in [3.63, 3.8) is 0 Å². The molecule has 1 saturated heterocycles. The summed E-state index contributed by atoms with van der Waals surface area (Å²) >= 11 is 0. The maximum absolute atomic E-state index is 12.2. The highest BCUT2D eigenvalue weighted by molar-refractivity contribution is 6.06. The zero-order valence-corrected chi connectivity index (χ0v) is 26.6. The van der Waals surface area contributed by atoms with Gasteiger partial charge in [0.2, 0.25) is 11.5 Å². The van der Waals surface area contributed by atoms with Crippen LogP contribution in [0.1, 0.15) is 33.3 Å². The van der Waals surface area contributed by atoms with Gasteiger partial charge in [-0.2, -0.15) is 0 Å². The van der Waals surface area contributed by atoms with Crippen molar-refractivity contribution in [3.8, 4) is 28.7 Å². The van der Waals surface area contributed by atoms with Gasteiger partial charge < -0.3 is 56.6 Å². The van der Waals surface area contributed by atoms with Crippen molar-refractivity contribution >= 4 is 39.0 Å². The molecule has 0 aliphatic carbocycles. The van der Waals surface area contributed by atoms with Gasteiger partial charge in [-0.3, -0.25) is 0 Å². The van der Waals surface area contributed by atoms with Gasteiger partial charge in [-0.25, -0.2) is 4.79 Å². The largest absolute Gasteiger partial charge is 0.495 e. The first-order valence-electron chi connectivity index (χ1n) is 14.9. The second-order valence-electron chi connectivity index (χ2n) is 12.4. The van der Waals surface area contributed by atoms with Gasteiger partial charge in [-0.1, -0.05) is 0 Å². The molecule has 248 valence electrons. The molecular weight excluding hydrogens is 616 g/mol. The molecule has 3 aromatic heterocycles.